The van der Waals surface area contributed by atoms with Crippen molar-refractivity contribution in [1.82, 2.24) is 8.87 Å². The minimum atomic E-state index is -3.09. The molecule has 1 aliphatic rings. The molecule has 0 bridgehead atoms. The van der Waals surface area contributed by atoms with Gasteiger partial charge in [-0.25, -0.2) is 8.42 Å². The highest BCUT2D eigenvalue weighted by atomic mass is 32.2. The normalized spacial score (nSPS) is 17.4. The molecule has 0 aliphatic carbocycles. The lowest BCUT2D eigenvalue weighted by molar-refractivity contribution is 0.446. The molecule has 1 aromatic carbocycles. The Morgan fingerprint density at radius 1 is 1.20 bits per heavy atom. The van der Waals surface area contributed by atoms with Gasteiger partial charge in [0.25, 0.3) is 0 Å². The van der Waals surface area contributed by atoms with Crippen LogP contribution in [0.2, 0.25) is 0 Å². The number of rotatable bonds is 2. The van der Waals surface area contributed by atoms with Gasteiger partial charge in [-0.1, -0.05) is 24.3 Å². The molecule has 0 unspecified atom stereocenters. The molecule has 0 saturated heterocycles. The summed E-state index contributed by atoms with van der Waals surface area (Å²) in [5, 5.41) is 1.23. The Hall–Kier alpha value is -1.59. The maximum absolute atomic E-state index is 11.5. The first kappa shape index (κ1) is 13.4. The highest BCUT2D eigenvalue weighted by Crippen LogP contribution is 2.30. The number of hydrogen-bond acceptors (Lipinski definition) is 2. The van der Waals surface area contributed by atoms with E-state index in [0.29, 0.717) is 13.1 Å². The van der Waals surface area contributed by atoms with Gasteiger partial charge in [0.15, 0.2) is 0 Å². The number of sulfonamides is 1. The topological polar surface area (TPSA) is 42.3 Å². The van der Waals surface area contributed by atoms with Crippen LogP contribution in [0.25, 0.3) is 16.5 Å². The average molecular weight is 290 g/mol. The fourth-order valence-electron chi connectivity index (χ4n) is 2.79. The Labute approximate surface area is 119 Å². The second kappa shape index (κ2) is 4.75. The molecule has 1 aliphatic heterocycles. The maximum atomic E-state index is 11.5. The molecule has 0 radical (unpaired) electrons. The fourth-order valence-corrected chi connectivity index (χ4v) is 3.56. The van der Waals surface area contributed by atoms with E-state index in [1.807, 2.05) is 25.3 Å². The number of nitrogens with zero attached hydrogens (tertiary/aromatic N) is 2. The van der Waals surface area contributed by atoms with Gasteiger partial charge < -0.3 is 4.57 Å². The molecule has 0 fully saturated rings. The minimum absolute atomic E-state index is 0.470. The van der Waals surface area contributed by atoms with Crippen molar-refractivity contribution in [2.45, 2.75) is 6.42 Å². The van der Waals surface area contributed by atoms with Gasteiger partial charge in [-0.2, -0.15) is 4.31 Å². The van der Waals surface area contributed by atoms with E-state index in [1.165, 1.54) is 32.6 Å². The number of aryl methyl sites for hydroxylation is 1. The summed E-state index contributed by atoms with van der Waals surface area (Å²) in [5.74, 6) is 0. The van der Waals surface area contributed by atoms with Crippen LogP contribution in [0.5, 0.6) is 0 Å². The predicted molar refractivity (Wildman–Crippen MR) is 81.9 cm³/mol. The zero-order chi connectivity index (χ0) is 14.3. The van der Waals surface area contributed by atoms with Crippen molar-refractivity contribution in [2.75, 3.05) is 19.3 Å². The molecule has 0 N–H and O–H groups in total. The Morgan fingerprint density at radius 2 is 1.95 bits per heavy atom. The van der Waals surface area contributed by atoms with E-state index < -0.39 is 10.0 Å². The quantitative estimate of drug-likeness (QED) is 0.851. The molecule has 1 aromatic heterocycles. The standard InChI is InChI=1S/C15H18N2O2S/c1-16-11-14(13-5-3-4-6-15(13)16)12-7-9-17(10-8-12)20(2,18)19/h3-7,11H,8-10H2,1-2H3. The van der Waals surface area contributed by atoms with Crippen LogP contribution in [0.15, 0.2) is 36.5 Å². The van der Waals surface area contributed by atoms with Gasteiger partial charge in [0.1, 0.15) is 0 Å². The van der Waals surface area contributed by atoms with Crippen molar-refractivity contribution >= 4 is 26.5 Å². The summed E-state index contributed by atoms with van der Waals surface area (Å²) in [6, 6.07) is 8.30. The molecule has 0 spiro atoms. The van der Waals surface area contributed by atoms with Crippen LogP contribution >= 0.6 is 0 Å². The first-order valence-corrected chi connectivity index (χ1v) is 8.50. The molecule has 2 heterocycles. The Morgan fingerprint density at radius 3 is 2.60 bits per heavy atom. The van der Waals surface area contributed by atoms with Crippen LogP contribution in [-0.4, -0.2) is 36.6 Å². The number of para-hydroxylation sites is 1. The lowest BCUT2D eigenvalue weighted by Gasteiger charge is -2.24. The molecule has 0 atom stereocenters. The van der Waals surface area contributed by atoms with Gasteiger partial charge in [0.05, 0.1) is 6.26 Å². The van der Waals surface area contributed by atoms with E-state index in [0.717, 1.165) is 6.42 Å². The molecule has 20 heavy (non-hydrogen) atoms. The summed E-state index contributed by atoms with van der Waals surface area (Å²) in [7, 11) is -1.05. The fraction of sp³-hybridized carbons (Fsp3) is 0.333. The maximum Gasteiger partial charge on any atom is 0.211 e. The summed E-state index contributed by atoms with van der Waals surface area (Å²) in [6.07, 6.45) is 6.20. The summed E-state index contributed by atoms with van der Waals surface area (Å²) in [5.41, 5.74) is 3.66. The molecule has 5 heteroatoms. The van der Waals surface area contributed by atoms with Crippen molar-refractivity contribution in [3.63, 3.8) is 0 Å². The van der Waals surface area contributed by atoms with E-state index in [4.69, 9.17) is 0 Å². The summed E-state index contributed by atoms with van der Waals surface area (Å²) in [6.45, 7) is 1.03. The average Bonchev–Trinajstić information content (AvgIpc) is 2.76. The highest BCUT2D eigenvalue weighted by Gasteiger charge is 2.21. The van der Waals surface area contributed by atoms with Gasteiger partial charge in [-0.05, 0) is 18.1 Å². The summed E-state index contributed by atoms with van der Waals surface area (Å²) in [4.78, 5) is 0. The monoisotopic (exact) mass is 290 g/mol. The largest absolute Gasteiger partial charge is 0.350 e. The molecular formula is C15H18N2O2S. The molecule has 0 saturated carbocycles. The van der Waals surface area contributed by atoms with Crippen LogP contribution < -0.4 is 0 Å². The van der Waals surface area contributed by atoms with Crippen molar-refractivity contribution < 1.29 is 8.42 Å². The Bertz CT molecular complexity index is 787. The first-order valence-electron chi connectivity index (χ1n) is 6.65. The van der Waals surface area contributed by atoms with Crippen LogP contribution in [-0.2, 0) is 17.1 Å². The Balaban J connectivity index is 2.00. The summed E-state index contributed by atoms with van der Waals surface area (Å²) < 4.78 is 26.7. The number of hydrogen-bond donors (Lipinski definition) is 0. The van der Waals surface area contributed by atoms with Gasteiger partial charge in [-0.15, -0.1) is 0 Å². The van der Waals surface area contributed by atoms with E-state index in [1.54, 1.807) is 0 Å². The molecule has 3 rings (SSSR count). The highest BCUT2D eigenvalue weighted by molar-refractivity contribution is 7.88. The van der Waals surface area contributed by atoms with E-state index >= 15 is 0 Å². The molecule has 0 amide bonds. The minimum Gasteiger partial charge on any atom is -0.350 e. The van der Waals surface area contributed by atoms with Crippen molar-refractivity contribution in [3.8, 4) is 0 Å². The second-order valence-corrected chi connectivity index (χ2v) is 7.25. The van der Waals surface area contributed by atoms with Gasteiger partial charge in [-0.3, -0.25) is 0 Å². The van der Waals surface area contributed by atoms with E-state index in [9.17, 15) is 8.42 Å². The number of fused-ring (bicyclic) bond motifs is 1. The zero-order valence-electron chi connectivity index (χ0n) is 11.7. The third-order valence-electron chi connectivity index (χ3n) is 3.88. The van der Waals surface area contributed by atoms with Crippen LogP contribution in [0.3, 0.4) is 0 Å². The van der Waals surface area contributed by atoms with Gasteiger partial charge in [0.2, 0.25) is 10.0 Å². The van der Waals surface area contributed by atoms with E-state index in [2.05, 4.69) is 22.9 Å². The van der Waals surface area contributed by atoms with Crippen molar-refractivity contribution in [1.29, 1.82) is 0 Å². The van der Waals surface area contributed by atoms with Crippen LogP contribution in [0.4, 0.5) is 0 Å². The molecular weight excluding hydrogens is 272 g/mol. The van der Waals surface area contributed by atoms with Crippen LogP contribution in [0, 0.1) is 0 Å². The third kappa shape index (κ3) is 2.27. The van der Waals surface area contributed by atoms with Crippen molar-refractivity contribution in [3.05, 3.63) is 42.1 Å². The molecule has 106 valence electrons. The van der Waals surface area contributed by atoms with Crippen LogP contribution in [0.1, 0.15) is 12.0 Å². The van der Waals surface area contributed by atoms with E-state index in [-0.39, 0.29) is 0 Å². The van der Waals surface area contributed by atoms with Crippen molar-refractivity contribution in [2.24, 2.45) is 7.05 Å². The first-order chi connectivity index (χ1) is 9.47. The second-order valence-electron chi connectivity index (χ2n) is 5.27. The van der Waals surface area contributed by atoms with Gasteiger partial charge in [0, 0.05) is 42.8 Å². The summed E-state index contributed by atoms with van der Waals surface area (Å²) >= 11 is 0. The number of aromatic nitrogens is 1. The smallest absolute Gasteiger partial charge is 0.211 e. The third-order valence-corrected chi connectivity index (χ3v) is 5.15. The number of benzene rings is 1. The molecule has 4 nitrogen and oxygen atoms in total. The molecule has 2 aromatic rings. The predicted octanol–water partition coefficient (Wildman–Crippen LogP) is 2.23. The Kier molecular flexibility index (Phi) is 3.18. The zero-order valence-corrected chi connectivity index (χ0v) is 12.5. The lowest BCUT2D eigenvalue weighted by atomic mass is 10.00. The SMILES string of the molecule is Cn1cc(C2=CCN(S(C)(=O)=O)CC2)c2ccccc21. The van der Waals surface area contributed by atoms with Gasteiger partial charge >= 0.3 is 0 Å². The lowest BCUT2D eigenvalue weighted by Crippen LogP contribution is -2.33.